The number of hydrogen-bond donors (Lipinski definition) is 6. The largest absolute Gasteiger partial charge is 0.355 e. The average molecular weight is 568 g/mol. The Hall–Kier alpha value is -3.04. The van der Waals surface area contributed by atoms with Gasteiger partial charge in [0.15, 0.2) is 0 Å². The molecule has 0 aliphatic carbocycles. The summed E-state index contributed by atoms with van der Waals surface area (Å²) in [5.41, 5.74) is 15.8. The Labute approximate surface area is 241 Å². The van der Waals surface area contributed by atoms with Gasteiger partial charge in [0, 0.05) is 45.7 Å². The van der Waals surface area contributed by atoms with Crippen LogP contribution in [0, 0.1) is 0 Å². The van der Waals surface area contributed by atoms with Gasteiger partial charge >= 0.3 is 0 Å². The number of nitrogens with one attached hydrogen (secondary N) is 5. The van der Waals surface area contributed by atoms with Crippen molar-refractivity contribution in [2.75, 3.05) is 6.54 Å². The molecule has 0 unspecified atom stereocenters. The number of H-pyrrole nitrogens is 2. The van der Waals surface area contributed by atoms with E-state index in [0.717, 1.165) is 51.4 Å². The molecule has 8 nitrogen and oxygen atoms in total. The fourth-order valence-electron chi connectivity index (χ4n) is 4.40. The topological polar surface area (TPSA) is 119 Å². The number of nitrogens with zero attached hydrogens (tertiary/aromatic N) is 2. The van der Waals surface area contributed by atoms with Crippen LogP contribution in [-0.4, -0.2) is 26.5 Å². The molecule has 0 fully saturated rings. The summed E-state index contributed by atoms with van der Waals surface area (Å²) in [5, 5.41) is 0. The van der Waals surface area contributed by atoms with E-state index >= 15 is 0 Å². The van der Waals surface area contributed by atoms with Crippen molar-refractivity contribution < 1.29 is 17.1 Å². The third-order valence-corrected chi connectivity index (χ3v) is 6.36. The van der Waals surface area contributed by atoms with Crippen molar-refractivity contribution in [3.05, 3.63) is 71.3 Å². The van der Waals surface area contributed by atoms with Crippen molar-refractivity contribution >= 4 is 46.4 Å². The maximum Gasteiger partial charge on any atom is 0.0658 e. The van der Waals surface area contributed by atoms with Crippen molar-refractivity contribution in [1.29, 1.82) is 0 Å². The first-order valence-corrected chi connectivity index (χ1v) is 13.7. The van der Waals surface area contributed by atoms with Gasteiger partial charge in [-0.1, -0.05) is 51.9 Å². The predicted octanol–water partition coefficient (Wildman–Crippen LogP) is 6.25. The molecule has 8 bridgehead atoms. The van der Waals surface area contributed by atoms with Crippen LogP contribution in [0.5, 0.6) is 0 Å². The van der Waals surface area contributed by atoms with E-state index in [-0.39, 0.29) is 17.1 Å². The smallest absolute Gasteiger partial charge is 0.0658 e. The number of fused-ring (bicyclic) bond motifs is 8. The monoisotopic (exact) mass is 567 g/mol. The Morgan fingerprint density at radius 3 is 1.38 bits per heavy atom. The van der Waals surface area contributed by atoms with Gasteiger partial charge < -0.3 is 9.97 Å². The van der Waals surface area contributed by atoms with Crippen LogP contribution < -0.4 is 22.3 Å². The fraction of sp³-hybridized carbons (Fsp3) is 0.333. The van der Waals surface area contributed by atoms with Gasteiger partial charge in [-0.2, -0.15) is 11.1 Å². The van der Waals surface area contributed by atoms with Crippen molar-refractivity contribution in [2.24, 2.45) is 5.84 Å². The van der Waals surface area contributed by atoms with E-state index in [9.17, 15) is 0 Å². The molecule has 0 aromatic carbocycles. The van der Waals surface area contributed by atoms with Gasteiger partial charge in [-0.3, -0.25) is 5.84 Å². The Morgan fingerprint density at radius 1 is 0.615 bits per heavy atom. The average Bonchev–Trinajstić information content (AvgIpc) is 3.72. The summed E-state index contributed by atoms with van der Waals surface area (Å²) in [6.07, 6.45) is 18.9. The molecule has 0 saturated heterocycles. The Balaban J connectivity index is 0.000000245. The molecule has 3 aromatic rings. The predicted molar refractivity (Wildman–Crippen MR) is 160 cm³/mol. The minimum Gasteiger partial charge on any atom is -0.355 e. The third-order valence-electron chi connectivity index (χ3n) is 6.36. The molecular weight excluding hydrogens is 527 g/mol. The molecule has 2 aliphatic rings. The summed E-state index contributed by atoms with van der Waals surface area (Å²) < 4.78 is 0. The molecule has 5 heterocycles. The van der Waals surface area contributed by atoms with Crippen LogP contribution in [0.4, 0.5) is 0 Å². The Bertz CT molecular complexity index is 1190. The molecule has 3 aromatic heterocycles. The first-order chi connectivity index (χ1) is 18.7. The number of hydrazine groups is 3. The molecule has 0 atom stereocenters. The molecule has 39 heavy (non-hydrogen) atoms. The molecule has 5 rings (SSSR count). The second-order valence-electron chi connectivity index (χ2n) is 9.58. The molecule has 0 spiro atoms. The van der Waals surface area contributed by atoms with Crippen molar-refractivity contribution in [2.45, 2.75) is 58.3 Å². The van der Waals surface area contributed by atoms with Gasteiger partial charge in [0.2, 0.25) is 0 Å². The van der Waals surface area contributed by atoms with Crippen LogP contribution in [-0.2, 0) is 17.1 Å². The molecule has 1 radical (unpaired) electrons. The van der Waals surface area contributed by atoms with E-state index < -0.39 is 0 Å². The van der Waals surface area contributed by atoms with Crippen molar-refractivity contribution in [3.8, 4) is 0 Å². The molecule has 7 N–H and O–H groups in total. The van der Waals surface area contributed by atoms with Crippen LogP contribution in [0.15, 0.2) is 48.5 Å². The van der Waals surface area contributed by atoms with Crippen molar-refractivity contribution in [1.82, 2.24) is 36.4 Å². The van der Waals surface area contributed by atoms with Gasteiger partial charge in [-0.25, -0.2) is 15.4 Å². The van der Waals surface area contributed by atoms with Gasteiger partial charge in [0.25, 0.3) is 0 Å². The van der Waals surface area contributed by atoms with Crippen LogP contribution in [0.3, 0.4) is 0 Å². The number of hydrogen-bond acceptors (Lipinski definition) is 6. The van der Waals surface area contributed by atoms with Crippen LogP contribution in [0.1, 0.15) is 81.1 Å². The summed E-state index contributed by atoms with van der Waals surface area (Å²) in [6, 6.07) is 16.4. The minimum atomic E-state index is 0. The maximum absolute atomic E-state index is 5.01. The van der Waals surface area contributed by atoms with Crippen LogP contribution >= 0.6 is 0 Å². The SMILES string of the molecule is C1=Cc2cc3ccc(cc4nc(cc5ccc(cc1n2)[nH]5)C=C4)[nH]3.CCCCCCCCCCNNNN.[Mn]. The summed E-state index contributed by atoms with van der Waals surface area (Å²) in [5.74, 6) is 5.01. The minimum absolute atomic E-state index is 0. The molecule has 0 saturated carbocycles. The second-order valence-corrected chi connectivity index (χ2v) is 9.58. The number of rotatable bonds is 11. The number of nitrogens with two attached hydrogens (primary N) is 1. The van der Waals surface area contributed by atoms with Crippen LogP contribution in [0.25, 0.3) is 46.4 Å². The zero-order valence-electron chi connectivity index (χ0n) is 22.6. The Kier molecular flexibility index (Phi) is 13.2. The summed E-state index contributed by atoms with van der Waals surface area (Å²) in [7, 11) is 0. The summed E-state index contributed by atoms with van der Waals surface area (Å²) in [6.45, 7) is 3.23. The quantitative estimate of drug-likeness (QED) is 0.0486. The number of unbranched alkanes of at least 4 members (excludes halogenated alkanes) is 7. The molecule has 2 aliphatic heterocycles. The normalized spacial score (nSPS) is 11.6. The fourth-order valence-corrected chi connectivity index (χ4v) is 4.40. The van der Waals surface area contributed by atoms with E-state index in [1.165, 1.54) is 51.4 Å². The van der Waals surface area contributed by atoms with E-state index in [1.807, 2.05) is 48.6 Å². The molecule has 9 heteroatoms. The number of aromatic amines is 2. The van der Waals surface area contributed by atoms with Crippen LogP contribution in [0.2, 0.25) is 0 Å². The summed E-state index contributed by atoms with van der Waals surface area (Å²) in [4.78, 5) is 16.0. The van der Waals surface area contributed by atoms with E-state index in [1.54, 1.807) is 0 Å². The van der Waals surface area contributed by atoms with Crippen molar-refractivity contribution in [3.63, 3.8) is 0 Å². The van der Waals surface area contributed by atoms with E-state index in [4.69, 9.17) is 5.84 Å². The van der Waals surface area contributed by atoms with Gasteiger partial charge in [-0.15, -0.1) is 0 Å². The molecule has 0 amide bonds. The maximum atomic E-state index is 5.01. The zero-order valence-corrected chi connectivity index (χ0v) is 23.8. The zero-order chi connectivity index (χ0) is 26.4. The number of aromatic nitrogens is 4. The van der Waals surface area contributed by atoms with Gasteiger partial charge in [0.1, 0.15) is 0 Å². The first kappa shape index (κ1) is 30.5. The summed E-state index contributed by atoms with van der Waals surface area (Å²) >= 11 is 0. The van der Waals surface area contributed by atoms with Gasteiger partial charge in [-0.05, 0) is 79.3 Å². The van der Waals surface area contributed by atoms with E-state index in [2.05, 4.69) is 67.6 Å². The molecule has 207 valence electrons. The second kappa shape index (κ2) is 16.8. The van der Waals surface area contributed by atoms with Gasteiger partial charge in [0.05, 0.1) is 22.8 Å². The Morgan fingerprint density at radius 2 is 1.00 bits per heavy atom. The molecular formula is C30H40MnN8. The third kappa shape index (κ3) is 10.6. The van der Waals surface area contributed by atoms with E-state index in [0.29, 0.717) is 0 Å². The standard InChI is InChI=1S/C20H14N4.C10H26N4.Mn/c1-2-14-10-16-5-6-18(23-16)12-20-8-7-19(24-20)11-17-4-3-15(22-17)9-13(1)21-14;1-2-3-4-5-6-7-8-9-10-12-14-13-11;/h1-12,21,24H;12-14H,2-11H2,1H3;. The first-order valence-electron chi connectivity index (χ1n) is 13.7.